The van der Waals surface area contributed by atoms with Gasteiger partial charge in [-0.3, -0.25) is 4.90 Å². The lowest BCUT2D eigenvalue weighted by Crippen LogP contribution is -2.30. The van der Waals surface area contributed by atoms with Gasteiger partial charge in [0, 0.05) is 23.6 Å². The van der Waals surface area contributed by atoms with Gasteiger partial charge in [-0.25, -0.2) is 0 Å². The van der Waals surface area contributed by atoms with E-state index in [0.29, 0.717) is 17.4 Å². The standard InChI is InChI=1S/C14H17BrN2O/c1-10(2)17-6-5-13(9-17)18-14-4-3-12(15)7-11(14)8-16/h3-4,7,10,13H,5-6,9H2,1-2H3. The van der Waals surface area contributed by atoms with E-state index in [1.54, 1.807) is 6.07 Å². The maximum atomic E-state index is 9.10. The molecule has 0 spiro atoms. The molecule has 1 aromatic rings. The van der Waals surface area contributed by atoms with Crippen LogP contribution in [0.1, 0.15) is 25.8 Å². The van der Waals surface area contributed by atoms with E-state index in [9.17, 15) is 0 Å². The van der Waals surface area contributed by atoms with Crippen molar-refractivity contribution in [2.45, 2.75) is 32.4 Å². The number of rotatable bonds is 3. The third-order valence-electron chi connectivity index (χ3n) is 3.26. The molecule has 1 heterocycles. The van der Waals surface area contributed by atoms with E-state index in [2.05, 4.69) is 40.7 Å². The number of nitriles is 1. The molecule has 1 saturated heterocycles. The second-order valence-corrected chi connectivity index (χ2v) is 5.79. The van der Waals surface area contributed by atoms with Crippen molar-refractivity contribution >= 4 is 15.9 Å². The Morgan fingerprint density at radius 2 is 2.28 bits per heavy atom. The molecule has 0 N–H and O–H groups in total. The Morgan fingerprint density at radius 3 is 2.89 bits per heavy atom. The third-order valence-corrected chi connectivity index (χ3v) is 3.76. The minimum absolute atomic E-state index is 0.195. The molecule has 0 saturated carbocycles. The Hall–Kier alpha value is -1.05. The van der Waals surface area contributed by atoms with Crippen molar-refractivity contribution in [2.75, 3.05) is 13.1 Å². The normalized spacial score (nSPS) is 20.1. The van der Waals surface area contributed by atoms with E-state index >= 15 is 0 Å². The zero-order valence-electron chi connectivity index (χ0n) is 10.7. The summed E-state index contributed by atoms with van der Waals surface area (Å²) in [6.07, 6.45) is 1.22. The first-order valence-corrected chi connectivity index (χ1v) is 7.00. The van der Waals surface area contributed by atoms with Crippen molar-refractivity contribution in [3.63, 3.8) is 0 Å². The van der Waals surface area contributed by atoms with Gasteiger partial charge in [0.1, 0.15) is 17.9 Å². The van der Waals surface area contributed by atoms with Crippen LogP contribution in [0.2, 0.25) is 0 Å². The lowest BCUT2D eigenvalue weighted by Gasteiger charge is -2.20. The lowest BCUT2D eigenvalue weighted by molar-refractivity contribution is 0.187. The number of benzene rings is 1. The predicted molar refractivity (Wildman–Crippen MR) is 74.6 cm³/mol. The fourth-order valence-corrected chi connectivity index (χ4v) is 2.55. The number of nitrogens with zero attached hydrogens (tertiary/aromatic N) is 2. The van der Waals surface area contributed by atoms with Crippen LogP contribution in [0.15, 0.2) is 22.7 Å². The first-order chi connectivity index (χ1) is 8.60. The molecule has 1 atom stereocenters. The topological polar surface area (TPSA) is 36.3 Å². The molecule has 4 heteroatoms. The van der Waals surface area contributed by atoms with Gasteiger partial charge in [-0.05, 0) is 38.5 Å². The molecule has 0 amide bonds. The number of likely N-dealkylation sites (tertiary alicyclic amines) is 1. The molecule has 1 aliphatic rings. The van der Waals surface area contributed by atoms with Crippen LogP contribution >= 0.6 is 15.9 Å². The van der Waals surface area contributed by atoms with E-state index in [1.807, 2.05) is 12.1 Å². The highest BCUT2D eigenvalue weighted by Crippen LogP contribution is 2.25. The highest BCUT2D eigenvalue weighted by atomic mass is 79.9. The molecule has 1 unspecified atom stereocenters. The van der Waals surface area contributed by atoms with Crippen molar-refractivity contribution in [1.82, 2.24) is 4.90 Å². The van der Waals surface area contributed by atoms with Crippen LogP contribution in [0.4, 0.5) is 0 Å². The minimum atomic E-state index is 0.195. The number of halogens is 1. The average Bonchev–Trinajstić information content (AvgIpc) is 2.80. The van der Waals surface area contributed by atoms with Gasteiger partial charge in [-0.15, -0.1) is 0 Å². The van der Waals surface area contributed by atoms with Crippen LogP contribution in [-0.4, -0.2) is 30.1 Å². The largest absolute Gasteiger partial charge is 0.488 e. The molecule has 0 aromatic heterocycles. The molecule has 18 heavy (non-hydrogen) atoms. The highest BCUT2D eigenvalue weighted by molar-refractivity contribution is 9.10. The van der Waals surface area contributed by atoms with Crippen molar-refractivity contribution < 1.29 is 4.74 Å². The molecular weight excluding hydrogens is 292 g/mol. The fraction of sp³-hybridized carbons (Fsp3) is 0.500. The molecule has 96 valence electrons. The summed E-state index contributed by atoms with van der Waals surface area (Å²) < 4.78 is 6.85. The summed E-state index contributed by atoms with van der Waals surface area (Å²) in [5, 5.41) is 9.10. The molecular formula is C14H17BrN2O. The monoisotopic (exact) mass is 308 g/mol. The van der Waals surface area contributed by atoms with Crippen molar-refractivity contribution in [3.8, 4) is 11.8 Å². The zero-order valence-corrected chi connectivity index (χ0v) is 12.3. The van der Waals surface area contributed by atoms with E-state index in [1.165, 1.54) is 0 Å². The van der Waals surface area contributed by atoms with Gasteiger partial charge in [0.05, 0.1) is 5.56 Å². The van der Waals surface area contributed by atoms with Crippen LogP contribution in [0.25, 0.3) is 0 Å². The predicted octanol–water partition coefficient (Wildman–Crippen LogP) is 3.18. The summed E-state index contributed by atoms with van der Waals surface area (Å²) in [5.41, 5.74) is 0.590. The Balaban J connectivity index is 2.05. The molecule has 1 aromatic carbocycles. The van der Waals surface area contributed by atoms with E-state index in [0.717, 1.165) is 24.0 Å². The molecule has 0 aliphatic carbocycles. The van der Waals surface area contributed by atoms with Gasteiger partial charge >= 0.3 is 0 Å². The first kappa shape index (κ1) is 13.4. The van der Waals surface area contributed by atoms with Crippen LogP contribution in [-0.2, 0) is 0 Å². The maximum absolute atomic E-state index is 9.10. The Bertz CT molecular complexity index is 467. The summed E-state index contributed by atoms with van der Waals surface area (Å²) in [7, 11) is 0. The third kappa shape index (κ3) is 3.04. The summed E-state index contributed by atoms with van der Waals surface area (Å²) in [4.78, 5) is 2.40. The molecule has 0 radical (unpaired) electrons. The van der Waals surface area contributed by atoms with Crippen molar-refractivity contribution in [3.05, 3.63) is 28.2 Å². The lowest BCUT2D eigenvalue weighted by atomic mass is 10.2. The Kier molecular flexibility index (Phi) is 4.26. The second kappa shape index (κ2) is 5.73. The van der Waals surface area contributed by atoms with Crippen LogP contribution in [0.3, 0.4) is 0 Å². The van der Waals surface area contributed by atoms with Crippen molar-refractivity contribution in [1.29, 1.82) is 5.26 Å². The quantitative estimate of drug-likeness (QED) is 0.860. The molecule has 2 rings (SSSR count). The van der Waals surface area contributed by atoms with E-state index in [-0.39, 0.29) is 6.10 Å². The van der Waals surface area contributed by atoms with E-state index < -0.39 is 0 Å². The van der Waals surface area contributed by atoms with Gasteiger partial charge in [0.25, 0.3) is 0 Å². The Morgan fingerprint density at radius 1 is 1.50 bits per heavy atom. The van der Waals surface area contributed by atoms with Gasteiger partial charge in [-0.1, -0.05) is 15.9 Å². The van der Waals surface area contributed by atoms with Crippen LogP contribution in [0, 0.1) is 11.3 Å². The number of ether oxygens (including phenoxy) is 1. The second-order valence-electron chi connectivity index (χ2n) is 4.87. The maximum Gasteiger partial charge on any atom is 0.137 e. The minimum Gasteiger partial charge on any atom is -0.488 e. The van der Waals surface area contributed by atoms with Gasteiger partial charge in [0.2, 0.25) is 0 Å². The van der Waals surface area contributed by atoms with Crippen LogP contribution in [0.5, 0.6) is 5.75 Å². The molecule has 1 fully saturated rings. The van der Waals surface area contributed by atoms with Gasteiger partial charge in [0.15, 0.2) is 0 Å². The number of hydrogen-bond donors (Lipinski definition) is 0. The van der Waals surface area contributed by atoms with Crippen LogP contribution < -0.4 is 4.74 Å². The highest BCUT2D eigenvalue weighted by Gasteiger charge is 2.26. The molecule has 0 bridgehead atoms. The zero-order chi connectivity index (χ0) is 13.1. The first-order valence-electron chi connectivity index (χ1n) is 6.20. The van der Waals surface area contributed by atoms with Gasteiger partial charge < -0.3 is 4.74 Å². The fourth-order valence-electron chi connectivity index (χ4n) is 2.19. The van der Waals surface area contributed by atoms with Gasteiger partial charge in [-0.2, -0.15) is 5.26 Å². The summed E-state index contributed by atoms with van der Waals surface area (Å²) >= 11 is 3.36. The average molecular weight is 309 g/mol. The van der Waals surface area contributed by atoms with E-state index in [4.69, 9.17) is 10.00 Å². The summed E-state index contributed by atoms with van der Waals surface area (Å²) in [6.45, 7) is 6.41. The SMILES string of the molecule is CC(C)N1CCC(Oc2ccc(Br)cc2C#N)C1. The Labute approximate surface area is 116 Å². The summed E-state index contributed by atoms with van der Waals surface area (Å²) in [5.74, 6) is 0.691. The molecule has 3 nitrogen and oxygen atoms in total. The number of hydrogen-bond acceptors (Lipinski definition) is 3. The smallest absolute Gasteiger partial charge is 0.137 e. The molecule has 1 aliphatic heterocycles. The van der Waals surface area contributed by atoms with Crippen molar-refractivity contribution in [2.24, 2.45) is 0 Å². The summed E-state index contributed by atoms with van der Waals surface area (Å²) in [6, 6.07) is 8.30.